The van der Waals surface area contributed by atoms with Gasteiger partial charge in [0.15, 0.2) is 0 Å². The fourth-order valence-electron chi connectivity index (χ4n) is 5.65. The molecule has 0 saturated heterocycles. The van der Waals surface area contributed by atoms with Gasteiger partial charge in [0, 0.05) is 25.7 Å². The van der Waals surface area contributed by atoms with Crippen LogP contribution in [0.2, 0.25) is 0 Å². The number of nitrogens with zero attached hydrogens (tertiary/aromatic N) is 1. The third kappa shape index (κ3) is 3.44. The van der Waals surface area contributed by atoms with Crippen molar-refractivity contribution in [1.29, 1.82) is 5.26 Å². The molecule has 6 atom stereocenters. The van der Waals surface area contributed by atoms with E-state index in [-0.39, 0.29) is 18.0 Å². The molecule has 0 spiro atoms. The maximum absolute atomic E-state index is 12.3. The summed E-state index contributed by atoms with van der Waals surface area (Å²) >= 11 is 0. The number of rotatable bonds is 3. The molecule has 3 rings (SSSR count). The Bertz CT molecular complexity index is 509. The molecule has 23 heavy (non-hydrogen) atoms. The molecule has 0 amide bonds. The maximum Gasteiger partial charge on any atom is 0.302 e. The molecule has 3 fully saturated rings. The lowest BCUT2D eigenvalue weighted by Gasteiger charge is -2.51. The average Bonchev–Trinajstić information content (AvgIpc) is 2.53. The van der Waals surface area contributed by atoms with Crippen molar-refractivity contribution in [2.45, 2.75) is 70.8 Å². The number of ketones is 1. The molecule has 0 aliphatic heterocycles. The maximum atomic E-state index is 12.3. The first-order valence-corrected chi connectivity index (χ1v) is 9.17. The van der Waals surface area contributed by atoms with Crippen molar-refractivity contribution in [1.82, 2.24) is 0 Å². The predicted molar refractivity (Wildman–Crippen MR) is 85.2 cm³/mol. The van der Waals surface area contributed by atoms with E-state index in [4.69, 9.17) is 10.00 Å². The number of nitriles is 1. The predicted octanol–water partition coefficient (Wildman–Crippen LogP) is 3.64. The van der Waals surface area contributed by atoms with Gasteiger partial charge in [-0.05, 0) is 68.6 Å². The lowest BCUT2D eigenvalue weighted by atomic mass is 9.54. The average molecular weight is 317 g/mol. The summed E-state index contributed by atoms with van der Waals surface area (Å²) in [6.45, 7) is 1.49. The highest BCUT2D eigenvalue weighted by atomic mass is 16.5. The monoisotopic (exact) mass is 317 g/mol. The van der Waals surface area contributed by atoms with E-state index in [2.05, 4.69) is 6.07 Å². The van der Waals surface area contributed by atoms with Crippen LogP contribution in [-0.2, 0) is 14.3 Å². The van der Waals surface area contributed by atoms with Crippen molar-refractivity contribution in [3.8, 4) is 6.07 Å². The summed E-state index contributed by atoms with van der Waals surface area (Å²) in [5, 5.41) is 8.88. The summed E-state index contributed by atoms with van der Waals surface area (Å²) in [6, 6.07) is 2.21. The van der Waals surface area contributed by atoms with E-state index < -0.39 is 0 Å². The number of carbonyl (C=O) groups is 2. The lowest BCUT2D eigenvalue weighted by Crippen LogP contribution is -2.47. The number of hydrogen-bond donors (Lipinski definition) is 0. The molecule has 0 radical (unpaired) electrons. The topological polar surface area (TPSA) is 67.2 Å². The van der Waals surface area contributed by atoms with Gasteiger partial charge >= 0.3 is 5.97 Å². The summed E-state index contributed by atoms with van der Waals surface area (Å²) in [4.78, 5) is 23.6. The van der Waals surface area contributed by atoms with Crippen LogP contribution in [0, 0.1) is 40.9 Å². The van der Waals surface area contributed by atoms with Gasteiger partial charge in [-0.25, -0.2) is 0 Å². The Labute approximate surface area is 138 Å². The van der Waals surface area contributed by atoms with Crippen LogP contribution in [-0.4, -0.2) is 17.9 Å². The van der Waals surface area contributed by atoms with Gasteiger partial charge in [0.25, 0.3) is 0 Å². The van der Waals surface area contributed by atoms with Gasteiger partial charge in [0.05, 0.1) is 6.07 Å². The molecular formula is C19H27NO3. The zero-order valence-corrected chi connectivity index (χ0v) is 14.0. The number of fused-ring (bicyclic) bond motifs is 3. The van der Waals surface area contributed by atoms with E-state index in [9.17, 15) is 9.59 Å². The van der Waals surface area contributed by atoms with E-state index in [1.54, 1.807) is 0 Å². The van der Waals surface area contributed by atoms with E-state index in [0.29, 0.717) is 36.4 Å². The van der Waals surface area contributed by atoms with Crippen molar-refractivity contribution in [3.63, 3.8) is 0 Å². The van der Waals surface area contributed by atoms with Crippen molar-refractivity contribution >= 4 is 11.8 Å². The van der Waals surface area contributed by atoms with Crippen LogP contribution >= 0.6 is 0 Å². The zero-order chi connectivity index (χ0) is 16.4. The van der Waals surface area contributed by atoms with Crippen LogP contribution in [0.3, 0.4) is 0 Å². The summed E-state index contributed by atoms with van der Waals surface area (Å²) in [5.74, 6) is 2.70. The minimum atomic E-state index is -0.175. The largest absolute Gasteiger partial charge is 0.463 e. The first-order chi connectivity index (χ1) is 11.1. The molecule has 3 aliphatic rings. The van der Waals surface area contributed by atoms with E-state index >= 15 is 0 Å². The highest BCUT2D eigenvalue weighted by molar-refractivity contribution is 5.82. The number of hydrogen-bond acceptors (Lipinski definition) is 4. The smallest absolute Gasteiger partial charge is 0.302 e. The fraction of sp³-hybridized carbons (Fsp3) is 0.842. The van der Waals surface area contributed by atoms with Gasteiger partial charge in [-0.1, -0.05) is 0 Å². The summed E-state index contributed by atoms with van der Waals surface area (Å²) in [7, 11) is 0. The molecule has 3 saturated carbocycles. The second kappa shape index (κ2) is 7.03. The van der Waals surface area contributed by atoms with Crippen molar-refractivity contribution in [3.05, 3.63) is 0 Å². The van der Waals surface area contributed by atoms with Gasteiger partial charge in [-0.15, -0.1) is 0 Å². The highest BCUT2D eigenvalue weighted by Crippen LogP contribution is 2.53. The molecule has 0 bridgehead atoms. The Kier molecular flexibility index (Phi) is 5.04. The minimum absolute atomic E-state index is 0.0719. The van der Waals surface area contributed by atoms with Crippen LogP contribution in [0.25, 0.3) is 0 Å². The van der Waals surface area contributed by atoms with Crippen molar-refractivity contribution in [2.75, 3.05) is 0 Å². The normalized spacial score (nSPS) is 39.7. The number of carbonyl (C=O) groups excluding carboxylic acids is 2. The Morgan fingerprint density at radius 1 is 1.17 bits per heavy atom. The van der Waals surface area contributed by atoms with Gasteiger partial charge in [0.2, 0.25) is 0 Å². The highest BCUT2D eigenvalue weighted by Gasteiger charge is 2.48. The van der Waals surface area contributed by atoms with Crippen molar-refractivity contribution < 1.29 is 14.3 Å². The molecule has 0 N–H and O–H groups in total. The molecule has 126 valence electrons. The molecule has 0 aromatic rings. The third-order valence-corrected chi connectivity index (χ3v) is 6.52. The number of ether oxygens (including phenoxy) is 1. The van der Waals surface area contributed by atoms with Crippen LogP contribution < -0.4 is 0 Å². The van der Waals surface area contributed by atoms with Crippen LogP contribution in [0.15, 0.2) is 0 Å². The zero-order valence-electron chi connectivity index (χ0n) is 14.0. The fourth-order valence-corrected chi connectivity index (χ4v) is 5.65. The van der Waals surface area contributed by atoms with Gasteiger partial charge in [-0.3, -0.25) is 9.59 Å². The number of esters is 1. The third-order valence-electron chi connectivity index (χ3n) is 6.52. The van der Waals surface area contributed by atoms with E-state index in [1.165, 1.54) is 13.3 Å². The summed E-state index contributed by atoms with van der Waals surface area (Å²) in [5.41, 5.74) is 0. The molecule has 3 aliphatic carbocycles. The van der Waals surface area contributed by atoms with E-state index in [0.717, 1.165) is 44.4 Å². The van der Waals surface area contributed by atoms with Crippen LogP contribution in [0.5, 0.6) is 0 Å². The number of Topliss-reactive ketones (excluding diaryl/α,β-unsaturated/α-hetero) is 1. The second-order valence-electron chi connectivity index (χ2n) is 7.68. The minimum Gasteiger partial charge on any atom is -0.463 e. The first kappa shape index (κ1) is 16.5. The Balaban J connectivity index is 1.71. The van der Waals surface area contributed by atoms with Crippen molar-refractivity contribution in [2.24, 2.45) is 29.6 Å². The first-order valence-electron chi connectivity index (χ1n) is 9.17. The molecule has 0 unspecified atom stereocenters. The second-order valence-corrected chi connectivity index (χ2v) is 7.68. The van der Waals surface area contributed by atoms with Gasteiger partial charge < -0.3 is 4.74 Å². The molecule has 4 heteroatoms. The molecular weight excluding hydrogens is 290 g/mol. The molecule has 0 aromatic heterocycles. The quantitative estimate of drug-likeness (QED) is 0.745. The standard InChI is InChI=1S/C19H27NO3/c1-12(21)23-14-6-4-13-5-7-15-16(18(13)11-14)8-9-19(22)17(15)3-2-10-20/h13-18H,2-9,11H2,1H3/t13-,14-,15-,16+,17-,18+/m1/s1. The SMILES string of the molecule is CC(=O)O[C@@H]1CC[C@@H]2CC[C@@H]3[C@H](CCC(=O)[C@@H]3CCC#N)[C@H]2C1. The van der Waals surface area contributed by atoms with Gasteiger partial charge in [0.1, 0.15) is 11.9 Å². The molecule has 0 aromatic carbocycles. The van der Waals surface area contributed by atoms with Crippen LogP contribution in [0.4, 0.5) is 0 Å². The molecule has 4 nitrogen and oxygen atoms in total. The lowest BCUT2D eigenvalue weighted by molar-refractivity contribution is -0.152. The summed E-state index contributed by atoms with van der Waals surface area (Å²) < 4.78 is 5.48. The van der Waals surface area contributed by atoms with Gasteiger partial charge in [-0.2, -0.15) is 5.26 Å². The van der Waals surface area contributed by atoms with E-state index in [1.807, 2.05) is 0 Å². The van der Waals surface area contributed by atoms with Crippen LogP contribution in [0.1, 0.15) is 64.7 Å². The summed E-state index contributed by atoms with van der Waals surface area (Å²) in [6.07, 6.45) is 8.45. The Hall–Kier alpha value is -1.37. The Morgan fingerprint density at radius 2 is 1.96 bits per heavy atom. The Morgan fingerprint density at radius 3 is 2.70 bits per heavy atom. The molecule has 0 heterocycles.